The molecule has 0 aliphatic rings. The molecule has 0 fully saturated rings. The second-order valence-corrected chi connectivity index (χ2v) is 4.23. The van der Waals surface area contributed by atoms with Crippen molar-refractivity contribution in [1.82, 2.24) is 14.6 Å². The maximum atomic E-state index is 11.4. The van der Waals surface area contributed by atoms with Crippen molar-refractivity contribution in [1.29, 1.82) is 0 Å². The van der Waals surface area contributed by atoms with Gasteiger partial charge >= 0.3 is 5.97 Å². The summed E-state index contributed by atoms with van der Waals surface area (Å²) < 4.78 is 1.40. The molecular formula is C13H10N4O3. The van der Waals surface area contributed by atoms with Crippen LogP contribution in [0.1, 0.15) is 10.4 Å². The molecule has 0 atom stereocenters. The van der Waals surface area contributed by atoms with Crippen molar-refractivity contribution < 1.29 is 15.0 Å². The molecule has 0 saturated heterocycles. The lowest BCUT2D eigenvalue weighted by Gasteiger charge is -2.07. The number of pyridine rings is 1. The zero-order chi connectivity index (χ0) is 14.3. The van der Waals surface area contributed by atoms with Crippen LogP contribution in [0.25, 0.3) is 16.8 Å². The average molecular weight is 270 g/mol. The van der Waals surface area contributed by atoms with Crippen LogP contribution in [0.15, 0.2) is 36.5 Å². The number of phenols is 1. The summed E-state index contributed by atoms with van der Waals surface area (Å²) in [7, 11) is 0. The van der Waals surface area contributed by atoms with Gasteiger partial charge in [-0.1, -0.05) is 12.1 Å². The average Bonchev–Trinajstić information content (AvgIpc) is 2.76. The van der Waals surface area contributed by atoms with Crippen molar-refractivity contribution in [2.75, 3.05) is 5.73 Å². The smallest absolute Gasteiger partial charge is 0.336 e. The Morgan fingerprint density at radius 2 is 2.10 bits per heavy atom. The Morgan fingerprint density at radius 3 is 2.80 bits per heavy atom. The largest absolute Gasteiger partial charge is 0.508 e. The van der Waals surface area contributed by atoms with Gasteiger partial charge in [0.05, 0.1) is 5.56 Å². The number of phenolic OH excluding ortho intramolecular Hbond substituents is 1. The van der Waals surface area contributed by atoms with Crippen molar-refractivity contribution in [3.05, 3.63) is 42.1 Å². The van der Waals surface area contributed by atoms with Crippen molar-refractivity contribution >= 4 is 17.6 Å². The molecule has 100 valence electrons. The van der Waals surface area contributed by atoms with E-state index in [4.69, 9.17) is 5.73 Å². The molecule has 0 spiro atoms. The van der Waals surface area contributed by atoms with Gasteiger partial charge in [-0.15, -0.1) is 5.10 Å². The molecule has 0 saturated carbocycles. The highest BCUT2D eigenvalue weighted by atomic mass is 16.4. The Balaban J connectivity index is 2.32. The normalized spacial score (nSPS) is 10.8. The summed E-state index contributed by atoms with van der Waals surface area (Å²) >= 11 is 0. The number of fused-ring (bicyclic) bond motifs is 1. The summed E-state index contributed by atoms with van der Waals surface area (Å²) in [6, 6.07) is 7.72. The highest BCUT2D eigenvalue weighted by Gasteiger charge is 2.15. The summed E-state index contributed by atoms with van der Waals surface area (Å²) in [5.74, 6) is -0.973. The van der Waals surface area contributed by atoms with Gasteiger partial charge in [-0.05, 0) is 23.8 Å². The van der Waals surface area contributed by atoms with Gasteiger partial charge in [0, 0.05) is 11.8 Å². The highest BCUT2D eigenvalue weighted by molar-refractivity contribution is 5.97. The Hall–Kier alpha value is -3.09. The third-order valence-electron chi connectivity index (χ3n) is 2.88. The fourth-order valence-electron chi connectivity index (χ4n) is 2.03. The second kappa shape index (κ2) is 4.23. The number of nitrogens with zero attached hydrogens (tertiary/aromatic N) is 3. The third kappa shape index (κ3) is 1.91. The first-order valence-corrected chi connectivity index (χ1v) is 5.73. The van der Waals surface area contributed by atoms with E-state index in [-0.39, 0.29) is 17.3 Å². The predicted octanol–water partition coefficient (Wildman–Crippen LogP) is 1.38. The van der Waals surface area contributed by atoms with Gasteiger partial charge in [0.2, 0.25) is 5.95 Å². The van der Waals surface area contributed by atoms with Gasteiger partial charge < -0.3 is 15.9 Å². The predicted molar refractivity (Wildman–Crippen MR) is 71.5 cm³/mol. The van der Waals surface area contributed by atoms with Crippen molar-refractivity contribution in [3.63, 3.8) is 0 Å². The zero-order valence-corrected chi connectivity index (χ0v) is 10.2. The number of hydrogen-bond acceptors (Lipinski definition) is 5. The lowest BCUT2D eigenvalue weighted by molar-refractivity contribution is 0.0697. The molecule has 3 rings (SSSR count). The molecule has 0 amide bonds. The minimum atomic E-state index is -1.09. The van der Waals surface area contributed by atoms with Gasteiger partial charge in [-0.2, -0.15) is 4.98 Å². The molecule has 20 heavy (non-hydrogen) atoms. The van der Waals surface area contributed by atoms with Crippen molar-refractivity contribution in [2.24, 2.45) is 0 Å². The number of rotatable bonds is 2. The van der Waals surface area contributed by atoms with Crippen molar-refractivity contribution in [3.8, 4) is 16.9 Å². The summed E-state index contributed by atoms with van der Waals surface area (Å²) in [6.07, 6.45) is 1.52. The van der Waals surface area contributed by atoms with Crippen LogP contribution in [-0.4, -0.2) is 30.8 Å². The first-order chi connectivity index (χ1) is 9.54. The molecule has 0 bridgehead atoms. The van der Waals surface area contributed by atoms with E-state index < -0.39 is 5.97 Å². The number of carboxylic acids is 1. The lowest BCUT2D eigenvalue weighted by atomic mass is 10.0. The van der Waals surface area contributed by atoms with E-state index in [1.54, 1.807) is 12.1 Å². The number of aromatic nitrogens is 3. The van der Waals surface area contributed by atoms with E-state index in [0.717, 1.165) is 0 Å². The van der Waals surface area contributed by atoms with Gasteiger partial charge in [0.1, 0.15) is 5.75 Å². The number of nitrogen functional groups attached to an aromatic ring is 1. The summed E-state index contributed by atoms with van der Waals surface area (Å²) in [6.45, 7) is 0. The molecule has 7 heteroatoms. The molecule has 2 aromatic heterocycles. The minimum Gasteiger partial charge on any atom is -0.508 e. The Morgan fingerprint density at radius 1 is 1.30 bits per heavy atom. The highest BCUT2D eigenvalue weighted by Crippen LogP contribution is 2.27. The van der Waals surface area contributed by atoms with Crippen LogP contribution >= 0.6 is 0 Å². The van der Waals surface area contributed by atoms with E-state index >= 15 is 0 Å². The molecule has 0 radical (unpaired) electrons. The summed E-state index contributed by atoms with van der Waals surface area (Å²) in [5.41, 5.74) is 6.91. The van der Waals surface area contributed by atoms with Crippen LogP contribution in [0, 0.1) is 0 Å². The van der Waals surface area contributed by atoms with Gasteiger partial charge in [-0.25, -0.2) is 9.31 Å². The molecule has 0 aliphatic carbocycles. The second-order valence-electron chi connectivity index (χ2n) is 4.23. The van der Waals surface area contributed by atoms with Crippen LogP contribution in [0.5, 0.6) is 5.75 Å². The maximum absolute atomic E-state index is 11.4. The number of anilines is 1. The SMILES string of the molecule is Nc1nc2cc(C(=O)O)c(-c3cccc(O)c3)cn2n1. The molecule has 1 aromatic carbocycles. The zero-order valence-electron chi connectivity index (χ0n) is 10.2. The molecule has 3 aromatic rings. The quantitative estimate of drug-likeness (QED) is 0.648. The number of nitrogens with two attached hydrogens (primary N) is 1. The molecule has 0 unspecified atom stereocenters. The van der Waals surface area contributed by atoms with E-state index in [0.29, 0.717) is 16.8 Å². The van der Waals surface area contributed by atoms with Crippen LogP contribution in [0.2, 0.25) is 0 Å². The van der Waals surface area contributed by atoms with Crippen LogP contribution < -0.4 is 5.73 Å². The maximum Gasteiger partial charge on any atom is 0.336 e. The number of aromatic hydroxyl groups is 1. The molecular weight excluding hydrogens is 260 g/mol. The minimum absolute atomic E-state index is 0.0528. The first-order valence-electron chi connectivity index (χ1n) is 5.73. The molecule has 4 N–H and O–H groups in total. The van der Waals surface area contributed by atoms with Gasteiger partial charge in [-0.3, -0.25) is 0 Å². The molecule has 2 heterocycles. The monoisotopic (exact) mass is 270 g/mol. The lowest BCUT2D eigenvalue weighted by Crippen LogP contribution is -2.02. The van der Waals surface area contributed by atoms with Crippen LogP contribution in [0.4, 0.5) is 5.95 Å². The Bertz CT molecular complexity index is 826. The van der Waals surface area contributed by atoms with E-state index in [1.165, 1.54) is 28.9 Å². The van der Waals surface area contributed by atoms with E-state index in [2.05, 4.69) is 10.1 Å². The number of carbonyl (C=O) groups is 1. The van der Waals surface area contributed by atoms with E-state index in [1.807, 2.05) is 0 Å². The summed E-state index contributed by atoms with van der Waals surface area (Å²) in [4.78, 5) is 15.3. The number of aromatic carboxylic acids is 1. The first kappa shape index (κ1) is 12.0. The molecule has 0 aliphatic heterocycles. The third-order valence-corrected chi connectivity index (χ3v) is 2.88. The van der Waals surface area contributed by atoms with Crippen LogP contribution in [0.3, 0.4) is 0 Å². The fourth-order valence-corrected chi connectivity index (χ4v) is 2.03. The Kier molecular flexibility index (Phi) is 2.53. The van der Waals surface area contributed by atoms with Crippen molar-refractivity contribution in [2.45, 2.75) is 0 Å². The standard InChI is InChI=1S/C13H10N4O3/c14-13-15-11-5-9(12(19)20)10(6-17(11)16-13)7-2-1-3-8(18)4-7/h1-6,18H,(H2,14,16)(H,19,20). The number of benzene rings is 1. The van der Waals surface area contributed by atoms with E-state index in [9.17, 15) is 15.0 Å². The van der Waals surface area contributed by atoms with Crippen LogP contribution in [-0.2, 0) is 0 Å². The molecule has 7 nitrogen and oxygen atoms in total. The Labute approximate surface area is 112 Å². The number of carboxylic acid groups (broad SMARTS) is 1. The topological polar surface area (TPSA) is 114 Å². The van der Waals surface area contributed by atoms with Gasteiger partial charge in [0.25, 0.3) is 0 Å². The summed E-state index contributed by atoms with van der Waals surface area (Å²) in [5, 5.41) is 22.8. The fraction of sp³-hybridized carbons (Fsp3) is 0. The van der Waals surface area contributed by atoms with Gasteiger partial charge in [0.15, 0.2) is 5.65 Å². The number of hydrogen-bond donors (Lipinski definition) is 3.